The first-order valence-electron chi connectivity index (χ1n) is 17.6. The van der Waals surface area contributed by atoms with Crippen molar-refractivity contribution in [1.29, 1.82) is 0 Å². The number of nitrogens with zero attached hydrogens (tertiary/aromatic N) is 2. The van der Waals surface area contributed by atoms with E-state index in [0.29, 0.717) is 0 Å². The lowest BCUT2D eigenvalue weighted by Crippen LogP contribution is -2.55. The molecule has 3 heterocycles. The van der Waals surface area contributed by atoms with Crippen LogP contribution in [0.5, 0.6) is 0 Å². The van der Waals surface area contributed by atoms with Crippen molar-refractivity contribution in [2.75, 3.05) is 0 Å². The molecule has 5 aliphatic carbocycles. The summed E-state index contributed by atoms with van der Waals surface area (Å²) in [5, 5.41) is 3.59. The first-order valence-corrected chi connectivity index (χ1v) is 18.4. The maximum atomic E-state index is 6.75. The lowest BCUT2D eigenvalue weighted by atomic mass is 9.43. The normalized spacial score (nSPS) is 25.2. The van der Waals surface area contributed by atoms with E-state index >= 15 is 0 Å². The molecule has 230 valence electrons. The number of thiophene rings is 1. The minimum atomic E-state index is 0.150. The molecule has 4 heteroatoms. The number of aromatic nitrogens is 2. The van der Waals surface area contributed by atoms with Gasteiger partial charge in [-0.25, -0.2) is 9.97 Å². The van der Waals surface area contributed by atoms with Gasteiger partial charge < -0.3 is 4.42 Å². The summed E-state index contributed by atoms with van der Waals surface area (Å²) >= 11 is 1.77. The molecule has 0 unspecified atom stereocenters. The zero-order valence-electron chi connectivity index (χ0n) is 26.4. The van der Waals surface area contributed by atoms with E-state index in [4.69, 9.17) is 14.4 Å². The standard InChI is InChI=1S/C44H32N2OS/c1-2-8-26(9-3-1)40-42-41(32-11-5-7-13-39(32)48-42)46-43(45-40)27-14-15-31-34-22-36-33(23-38(34)47-37(31)21-27)30-10-4-6-12-35(30)44(36)28-17-24-16-25(19-28)20-29(44)18-24/h1-15,21-25,28-29H,16-20H2. The van der Waals surface area contributed by atoms with Gasteiger partial charge in [0.05, 0.1) is 15.9 Å². The van der Waals surface area contributed by atoms with Crippen LogP contribution in [0.2, 0.25) is 0 Å². The van der Waals surface area contributed by atoms with E-state index < -0.39 is 0 Å². The molecule has 0 saturated heterocycles. The Kier molecular flexibility index (Phi) is 5.02. The van der Waals surface area contributed by atoms with E-state index in [1.165, 1.54) is 64.1 Å². The fourth-order valence-corrected chi connectivity index (χ4v) is 12.2. The van der Waals surface area contributed by atoms with Crippen LogP contribution in [0.3, 0.4) is 0 Å². The molecule has 0 radical (unpaired) electrons. The average molecular weight is 637 g/mol. The van der Waals surface area contributed by atoms with Crippen molar-refractivity contribution in [3.63, 3.8) is 0 Å². The van der Waals surface area contributed by atoms with Gasteiger partial charge in [0.15, 0.2) is 5.82 Å². The van der Waals surface area contributed by atoms with Crippen molar-refractivity contribution in [3.8, 4) is 33.8 Å². The largest absolute Gasteiger partial charge is 0.456 e. The summed E-state index contributed by atoms with van der Waals surface area (Å²) < 4.78 is 9.11. The fraction of sp³-hybridized carbons (Fsp3) is 0.227. The Morgan fingerprint density at radius 1 is 0.583 bits per heavy atom. The Bertz CT molecular complexity index is 2620. The van der Waals surface area contributed by atoms with Gasteiger partial charge in [-0.05, 0) is 108 Å². The fourth-order valence-electron chi connectivity index (χ4n) is 11.1. The zero-order chi connectivity index (χ0) is 31.1. The molecule has 4 saturated carbocycles. The maximum absolute atomic E-state index is 6.75. The van der Waals surface area contributed by atoms with Crippen LogP contribution >= 0.6 is 11.3 Å². The Morgan fingerprint density at radius 2 is 1.33 bits per heavy atom. The molecule has 3 aromatic heterocycles. The maximum Gasteiger partial charge on any atom is 0.160 e. The second kappa shape index (κ2) is 9.21. The second-order valence-electron chi connectivity index (χ2n) is 15.0. The van der Waals surface area contributed by atoms with E-state index in [1.807, 2.05) is 0 Å². The molecule has 4 bridgehead atoms. The molecule has 0 atom stereocenters. The van der Waals surface area contributed by atoms with Crippen molar-refractivity contribution >= 4 is 53.6 Å². The number of furan rings is 1. The molecule has 0 aliphatic heterocycles. The number of fused-ring (bicyclic) bond motifs is 9. The predicted molar refractivity (Wildman–Crippen MR) is 196 cm³/mol. The summed E-state index contributed by atoms with van der Waals surface area (Å²) in [6.45, 7) is 0. The Balaban J connectivity index is 1.06. The van der Waals surface area contributed by atoms with E-state index in [1.54, 1.807) is 22.5 Å². The van der Waals surface area contributed by atoms with Crippen molar-refractivity contribution < 1.29 is 4.42 Å². The summed E-state index contributed by atoms with van der Waals surface area (Å²) in [5.41, 5.74) is 12.1. The van der Waals surface area contributed by atoms with Gasteiger partial charge in [0.25, 0.3) is 0 Å². The van der Waals surface area contributed by atoms with Crippen LogP contribution < -0.4 is 0 Å². The summed E-state index contributed by atoms with van der Waals surface area (Å²) in [4.78, 5) is 10.4. The molecule has 0 amide bonds. The number of hydrogen-bond donors (Lipinski definition) is 0. The van der Waals surface area contributed by atoms with Gasteiger partial charge in [0.2, 0.25) is 0 Å². The molecule has 48 heavy (non-hydrogen) atoms. The molecule has 1 spiro atoms. The van der Waals surface area contributed by atoms with Crippen molar-refractivity contribution in [2.24, 2.45) is 23.7 Å². The Labute approximate surface area is 282 Å². The van der Waals surface area contributed by atoms with Crippen LogP contribution in [0.4, 0.5) is 0 Å². The molecule has 4 fully saturated rings. The first kappa shape index (κ1) is 26.2. The van der Waals surface area contributed by atoms with Crippen molar-refractivity contribution in [3.05, 3.63) is 120 Å². The summed E-state index contributed by atoms with van der Waals surface area (Å²) in [6.07, 6.45) is 7.04. The highest BCUT2D eigenvalue weighted by Crippen LogP contribution is 2.69. The van der Waals surface area contributed by atoms with Gasteiger partial charge in [-0.15, -0.1) is 11.3 Å². The van der Waals surface area contributed by atoms with E-state index in [-0.39, 0.29) is 5.41 Å². The monoisotopic (exact) mass is 636 g/mol. The number of hydrogen-bond acceptors (Lipinski definition) is 4. The molecule has 0 N–H and O–H groups in total. The third-order valence-corrected chi connectivity index (χ3v) is 13.8. The smallest absolute Gasteiger partial charge is 0.160 e. The van der Waals surface area contributed by atoms with Crippen LogP contribution in [0.15, 0.2) is 114 Å². The molecule has 5 aromatic carbocycles. The third-order valence-electron chi connectivity index (χ3n) is 12.7. The van der Waals surface area contributed by atoms with E-state index in [0.717, 1.165) is 67.7 Å². The Morgan fingerprint density at radius 3 is 2.19 bits per heavy atom. The topological polar surface area (TPSA) is 38.9 Å². The lowest BCUT2D eigenvalue weighted by Gasteiger charge is -2.61. The Hall–Kier alpha value is -4.80. The number of benzene rings is 5. The number of rotatable bonds is 2. The minimum absolute atomic E-state index is 0.150. The molecular weight excluding hydrogens is 605 g/mol. The summed E-state index contributed by atoms with van der Waals surface area (Å²) in [6, 6.07) is 39.9. The van der Waals surface area contributed by atoms with Crippen LogP contribution in [0, 0.1) is 23.7 Å². The highest BCUT2D eigenvalue weighted by atomic mass is 32.1. The van der Waals surface area contributed by atoms with Gasteiger partial charge in [0.1, 0.15) is 11.2 Å². The van der Waals surface area contributed by atoms with Gasteiger partial charge >= 0.3 is 0 Å². The lowest BCUT2D eigenvalue weighted by molar-refractivity contribution is -0.0399. The second-order valence-corrected chi connectivity index (χ2v) is 16.0. The third kappa shape index (κ3) is 3.29. The molecule has 5 aliphatic rings. The van der Waals surface area contributed by atoms with E-state index in [2.05, 4.69) is 109 Å². The molecule has 3 nitrogen and oxygen atoms in total. The highest BCUT2D eigenvalue weighted by Gasteiger charge is 2.61. The molecule has 13 rings (SSSR count). The van der Waals surface area contributed by atoms with Gasteiger partial charge in [-0.3, -0.25) is 0 Å². The van der Waals surface area contributed by atoms with Gasteiger partial charge in [-0.1, -0.05) is 78.9 Å². The predicted octanol–water partition coefficient (Wildman–Crippen LogP) is 11.8. The van der Waals surface area contributed by atoms with Crippen LogP contribution in [-0.4, -0.2) is 9.97 Å². The summed E-state index contributed by atoms with van der Waals surface area (Å²) in [7, 11) is 0. The molecular formula is C44H32N2OS. The van der Waals surface area contributed by atoms with Gasteiger partial charge in [-0.2, -0.15) is 0 Å². The van der Waals surface area contributed by atoms with Crippen LogP contribution in [0.1, 0.15) is 43.2 Å². The van der Waals surface area contributed by atoms with Crippen LogP contribution in [0.25, 0.3) is 76.0 Å². The molecule has 8 aromatic rings. The van der Waals surface area contributed by atoms with E-state index in [9.17, 15) is 0 Å². The SMILES string of the molecule is c1ccc(-c2nc(-c3ccc4c(c3)oc3cc5c(cc34)C3(c4ccccc4-5)C4CC5CC(C4)CC3C5)nc3c2sc2ccccc23)cc1. The quantitative estimate of drug-likeness (QED) is 0.189. The van der Waals surface area contributed by atoms with Crippen molar-refractivity contribution in [2.45, 2.75) is 37.5 Å². The van der Waals surface area contributed by atoms with Crippen molar-refractivity contribution in [1.82, 2.24) is 9.97 Å². The summed E-state index contributed by atoms with van der Waals surface area (Å²) in [5.74, 6) is 4.09. The minimum Gasteiger partial charge on any atom is -0.456 e. The highest BCUT2D eigenvalue weighted by molar-refractivity contribution is 7.26. The zero-order valence-corrected chi connectivity index (χ0v) is 27.3. The van der Waals surface area contributed by atoms with Gasteiger partial charge in [0, 0.05) is 37.4 Å². The first-order chi connectivity index (χ1) is 23.7. The van der Waals surface area contributed by atoms with Crippen LogP contribution in [-0.2, 0) is 5.41 Å². The average Bonchev–Trinajstić information content (AvgIpc) is 3.77.